The fourth-order valence-corrected chi connectivity index (χ4v) is 4.15. The number of benzene rings is 2. The van der Waals surface area contributed by atoms with E-state index in [2.05, 4.69) is 36.0 Å². The summed E-state index contributed by atoms with van der Waals surface area (Å²) in [6, 6.07) is 15.7. The molecular weight excluding hydrogens is 539 g/mol. The number of hydrogen-bond donors (Lipinski definition) is 3. The fraction of sp³-hybridized carbons (Fsp3) is 0.364. The van der Waals surface area contributed by atoms with E-state index in [1.54, 1.807) is 7.05 Å². The number of nitrogens with one attached hydrogen (secondary N) is 3. The van der Waals surface area contributed by atoms with Gasteiger partial charge in [0.15, 0.2) is 5.96 Å². The highest BCUT2D eigenvalue weighted by Gasteiger charge is 2.09. The molecule has 2 aromatic carbocycles. The van der Waals surface area contributed by atoms with Crippen LogP contribution in [-0.4, -0.2) is 44.6 Å². The van der Waals surface area contributed by atoms with Crippen LogP contribution in [0.15, 0.2) is 53.5 Å². The summed E-state index contributed by atoms with van der Waals surface area (Å²) in [6.07, 6.45) is 0.941. The van der Waals surface area contributed by atoms with Gasteiger partial charge in [-0.1, -0.05) is 36.4 Å². The number of rotatable bonds is 9. The minimum absolute atomic E-state index is 0. The van der Waals surface area contributed by atoms with E-state index in [4.69, 9.17) is 0 Å². The van der Waals surface area contributed by atoms with Crippen LogP contribution in [-0.2, 0) is 28.9 Å². The lowest BCUT2D eigenvalue weighted by atomic mass is 10.1. The van der Waals surface area contributed by atoms with Gasteiger partial charge in [0.05, 0.1) is 16.8 Å². The summed E-state index contributed by atoms with van der Waals surface area (Å²) in [5, 5.41) is 6.63. The van der Waals surface area contributed by atoms with Gasteiger partial charge in [0.1, 0.15) is 5.82 Å². The molecule has 1 aromatic heterocycles. The second-order valence-corrected chi connectivity index (χ2v) is 9.21. The van der Waals surface area contributed by atoms with Crippen molar-refractivity contribution < 1.29 is 8.42 Å². The molecule has 0 unspecified atom stereocenters. The predicted octanol–water partition coefficient (Wildman–Crippen LogP) is 2.77. The molecule has 3 N–H and O–H groups in total. The van der Waals surface area contributed by atoms with E-state index in [-0.39, 0.29) is 29.7 Å². The van der Waals surface area contributed by atoms with Gasteiger partial charge in [0.2, 0.25) is 10.0 Å². The Balaban J connectivity index is 0.00000363. The van der Waals surface area contributed by atoms with Gasteiger partial charge < -0.3 is 15.2 Å². The van der Waals surface area contributed by atoms with Crippen LogP contribution in [0.2, 0.25) is 0 Å². The van der Waals surface area contributed by atoms with Crippen LogP contribution in [0.25, 0.3) is 11.0 Å². The van der Waals surface area contributed by atoms with Gasteiger partial charge in [-0.3, -0.25) is 4.99 Å². The van der Waals surface area contributed by atoms with Crippen molar-refractivity contribution in [3.05, 3.63) is 65.5 Å². The van der Waals surface area contributed by atoms with Gasteiger partial charge in [-0.15, -0.1) is 24.0 Å². The number of fused-ring (bicyclic) bond motifs is 1. The number of imidazole rings is 1. The van der Waals surface area contributed by atoms with Crippen molar-refractivity contribution in [1.29, 1.82) is 0 Å². The number of hydrogen-bond acceptors (Lipinski definition) is 4. The van der Waals surface area contributed by atoms with Crippen LogP contribution >= 0.6 is 24.0 Å². The molecule has 0 radical (unpaired) electrons. The van der Waals surface area contributed by atoms with Crippen LogP contribution in [0.5, 0.6) is 0 Å². The molecule has 174 valence electrons. The van der Waals surface area contributed by atoms with Crippen LogP contribution in [0.1, 0.15) is 23.4 Å². The van der Waals surface area contributed by atoms with Crippen LogP contribution < -0.4 is 15.4 Å². The van der Waals surface area contributed by atoms with Gasteiger partial charge in [-0.2, -0.15) is 0 Å². The number of nitrogens with zero attached hydrogens (tertiary/aromatic N) is 3. The number of sulfonamides is 1. The molecule has 0 bridgehead atoms. The molecule has 1 heterocycles. The molecule has 0 fully saturated rings. The second kappa shape index (κ2) is 12.2. The van der Waals surface area contributed by atoms with E-state index in [1.807, 2.05) is 49.4 Å². The molecule has 0 saturated carbocycles. The Kier molecular flexibility index (Phi) is 9.91. The lowest BCUT2D eigenvalue weighted by Crippen LogP contribution is -2.37. The Labute approximate surface area is 207 Å². The van der Waals surface area contributed by atoms with Crippen molar-refractivity contribution in [2.45, 2.75) is 32.2 Å². The number of halogens is 1. The van der Waals surface area contributed by atoms with Crippen molar-refractivity contribution >= 4 is 51.0 Å². The lowest BCUT2D eigenvalue weighted by molar-refractivity contribution is 0.587. The van der Waals surface area contributed by atoms with E-state index in [1.165, 1.54) is 7.05 Å². The first-order valence-corrected chi connectivity index (χ1v) is 11.9. The molecule has 0 amide bonds. The van der Waals surface area contributed by atoms with E-state index in [9.17, 15) is 8.42 Å². The first-order valence-electron chi connectivity index (χ1n) is 10.3. The highest BCUT2D eigenvalue weighted by atomic mass is 127. The van der Waals surface area contributed by atoms with Gasteiger partial charge in [-0.25, -0.2) is 18.1 Å². The van der Waals surface area contributed by atoms with Crippen molar-refractivity contribution in [3.8, 4) is 0 Å². The highest BCUT2D eigenvalue weighted by molar-refractivity contribution is 14.0. The van der Waals surface area contributed by atoms with Crippen LogP contribution in [0.3, 0.4) is 0 Å². The molecule has 0 aliphatic carbocycles. The van der Waals surface area contributed by atoms with Gasteiger partial charge in [-0.05, 0) is 43.7 Å². The molecule has 3 aromatic rings. The standard InChI is InChI=1S/C22H30N6O2S.HI/c1-17-27-20-7-4-5-8-21(20)28(17)14-6-13-25-22(23-2)26-15-18-9-11-19(12-10-18)16-31(29,30)24-3;/h4-5,7-12,24H,6,13-16H2,1-3H3,(H2,23,25,26);1H. The average molecular weight is 571 g/mol. The molecule has 0 aliphatic rings. The van der Waals surface area contributed by atoms with Crippen molar-refractivity contribution in [1.82, 2.24) is 24.9 Å². The Bertz CT molecular complexity index is 1140. The molecule has 0 atom stereocenters. The van der Waals surface area contributed by atoms with Crippen molar-refractivity contribution in [2.75, 3.05) is 20.6 Å². The summed E-state index contributed by atoms with van der Waals surface area (Å²) in [7, 11) is -0.0934. The Hall–Kier alpha value is -2.18. The summed E-state index contributed by atoms with van der Waals surface area (Å²) in [5.74, 6) is 1.73. The monoisotopic (exact) mass is 570 g/mol. The summed E-state index contributed by atoms with van der Waals surface area (Å²) in [5.41, 5.74) is 3.99. The molecule has 0 saturated heterocycles. The summed E-state index contributed by atoms with van der Waals surface area (Å²) < 4.78 is 27.8. The lowest BCUT2D eigenvalue weighted by Gasteiger charge is -2.13. The first kappa shape index (κ1) is 26.1. The first-order chi connectivity index (χ1) is 14.9. The quantitative estimate of drug-likeness (QED) is 0.159. The zero-order valence-corrected chi connectivity index (χ0v) is 21.8. The van der Waals surface area contributed by atoms with Crippen LogP contribution in [0, 0.1) is 6.92 Å². The Morgan fingerprint density at radius 3 is 2.44 bits per heavy atom. The van der Waals surface area contributed by atoms with Gasteiger partial charge >= 0.3 is 0 Å². The third-order valence-corrected chi connectivity index (χ3v) is 6.41. The molecule has 0 spiro atoms. The van der Waals surface area contributed by atoms with E-state index in [0.717, 1.165) is 53.5 Å². The van der Waals surface area contributed by atoms with E-state index < -0.39 is 10.0 Å². The maximum Gasteiger partial charge on any atom is 0.215 e. The SMILES string of the molecule is CN=C(NCCCn1c(C)nc2ccccc21)NCc1ccc(CS(=O)(=O)NC)cc1.I. The molecule has 0 aliphatic heterocycles. The predicted molar refractivity (Wildman–Crippen MR) is 141 cm³/mol. The van der Waals surface area contributed by atoms with E-state index >= 15 is 0 Å². The molecule has 3 rings (SSSR count). The normalized spacial score (nSPS) is 11.9. The minimum Gasteiger partial charge on any atom is -0.356 e. The summed E-state index contributed by atoms with van der Waals surface area (Å²) in [6.45, 7) is 4.30. The maximum absolute atomic E-state index is 11.6. The number of aromatic nitrogens is 2. The average Bonchev–Trinajstić information content (AvgIpc) is 3.09. The number of para-hydroxylation sites is 2. The smallest absolute Gasteiger partial charge is 0.215 e. The number of aliphatic imine (C=N–C) groups is 1. The maximum atomic E-state index is 11.6. The van der Waals surface area contributed by atoms with Gasteiger partial charge in [0, 0.05) is 26.7 Å². The largest absolute Gasteiger partial charge is 0.356 e. The minimum atomic E-state index is -3.26. The van der Waals surface area contributed by atoms with Gasteiger partial charge in [0.25, 0.3) is 0 Å². The molecule has 32 heavy (non-hydrogen) atoms. The summed E-state index contributed by atoms with van der Waals surface area (Å²) in [4.78, 5) is 8.88. The van der Waals surface area contributed by atoms with Crippen molar-refractivity contribution in [2.24, 2.45) is 4.99 Å². The topological polar surface area (TPSA) is 100 Å². The third-order valence-electron chi connectivity index (χ3n) is 5.07. The Morgan fingerprint density at radius 2 is 1.75 bits per heavy atom. The fourth-order valence-electron chi connectivity index (χ4n) is 3.37. The highest BCUT2D eigenvalue weighted by Crippen LogP contribution is 2.15. The molecular formula is C22H31IN6O2S. The number of guanidine groups is 1. The molecule has 10 heteroatoms. The zero-order chi connectivity index (χ0) is 22.3. The van der Waals surface area contributed by atoms with Crippen LogP contribution in [0.4, 0.5) is 0 Å². The number of aryl methyl sites for hydroxylation is 2. The second-order valence-electron chi connectivity index (χ2n) is 7.29. The third kappa shape index (κ3) is 7.17. The van der Waals surface area contributed by atoms with E-state index in [0.29, 0.717) is 6.54 Å². The van der Waals surface area contributed by atoms with Crippen molar-refractivity contribution in [3.63, 3.8) is 0 Å². The molecule has 8 nitrogen and oxygen atoms in total. The zero-order valence-electron chi connectivity index (χ0n) is 18.6. The Morgan fingerprint density at radius 1 is 1.06 bits per heavy atom. The summed E-state index contributed by atoms with van der Waals surface area (Å²) >= 11 is 0.